The van der Waals surface area contributed by atoms with Crippen molar-refractivity contribution in [1.82, 2.24) is 5.32 Å². The topological polar surface area (TPSA) is 67.4 Å². The minimum atomic E-state index is -0.322. The van der Waals surface area contributed by atoms with Gasteiger partial charge in [-0.15, -0.1) is 0 Å². The van der Waals surface area contributed by atoms with Crippen LogP contribution in [0.4, 0.5) is 5.69 Å². The summed E-state index contributed by atoms with van der Waals surface area (Å²) in [5.41, 5.74) is 2.01. The molecular weight excluding hydrogens is 316 g/mol. The normalized spacial score (nSPS) is 10.9. The fourth-order valence-electron chi connectivity index (χ4n) is 2.31. The molecule has 0 saturated carbocycles. The first-order valence-corrected chi connectivity index (χ1v) is 8.15. The number of ether oxygens (including phenoxy) is 1. The highest BCUT2D eigenvalue weighted by Gasteiger charge is 2.15. The number of benzene rings is 2. The standard InChI is InChI=1S/C20H24N2O3/c1-20(2,3)14-8-7-9-15(12-14)25-13-18(23)22-17-11-6-5-10-16(17)19(24)21-4/h5-12H,13H2,1-4H3,(H,21,24)(H,22,23). The number of carbonyl (C=O) groups excluding carboxylic acids is 2. The van der Waals surface area contributed by atoms with Gasteiger partial charge in [-0.1, -0.05) is 45.0 Å². The maximum Gasteiger partial charge on any atom is 0.262 e. The summed E-state index contributed by atoms with van der Waals surface area (Å²) in [5, 5.41) is 5.27. The molecule has 0 aliphatic heterocycles. The number of anilines is 1. The molecule has 2 N–H and O–H groups in total. The van der Waals surface area contributed by atoms with Crippen molar-refractivity contribution >= 4 is 17.5 Å². The Labute approximate surface area is 148 Å². The molecule has 0 aliphatic rings. The Hall–Kier alpha value is -2.82. The first-order valence-electron chi connectivity index (χ1n) is 8.15. The first-order chi connectivity index (χ1) is 11.8. The third-order valence-electron chi connectivity index (χ3n) is 3.74. The maximum atomic E-state index is 12.2. The molecule has 0 atom stereocenters. The zero-order valence-corrected chi connectivity index (χ0v) is 15.1. The summed E-state index contributed by atoms with van der Waals surface area (Å²) in [6.07, 6.45) is 0. The van der Waals surface area contributed by atoms with E-state index < -0.39 is 0 Å². The summed E-state index contributed by atoms with van der Waals surface area (Å²) in [6.45, 7) is 6.23. The molecule has 0 heterocycles. The third kappa shape index (κ3) is 5.08. The Balaban J connectivity index is 2.02. The lowest BCUT2D eigenvalue weighted by atomic mass is 9.87. The predicted octanol–water partition coefficient (Wildman–Crippen LogP) is 3.36. The van der Waals surface area contributed by atoms with Gasteiger partial charge >= 0.3 is 0 Å². The molecule has 2 rings (SSSR count). The molecule has 0 radical (unpaired) electrons. The maximum absolute atomic E-state index is 12.2. The molecule has 0 spiro atoms. The summed E-state index contributed by atoms with van der Waals surface area (Å²) in [5.74, 6) is 0.0642. The van der Waals surface area contributed by atoms with Crippen LogP contribution in [0, 0.1) is 0 Å². The third-order valence-corrected chi connectivity index (χ3v) is 3.74. The van der Waals surface area contributed by atoms with E-state index in [-0.39, 0.29) is 23.8 Å². The van der Waals surface area contributed by atoms with Crippen LogP contribution in [0.3, 0.4) is 0 Å². The number of para-hydroxylation sites is 1. The van der Waals surface area contributed by atoms with Crippen molar-refractivity contribution in [3.05, 3.63) is 59.7 Å². The van der Waals surface area contributed by atoms with Crippen LogP contribution >= 0.6 is 0 Å². The number of rotatable bonds is 5. The summed E-state index contributed by atoms with van der Waals surface area (Å²) in [6, 6.07) is 14.5. The van der Waals surface area contributed by atoms with Crippen molar-refractivity contribution in [2.24, 2.45) is 0 Å². The van der Waals surface area contributed by atoms with Crippen LogP contribution < -0.4 is 15.4 Å². The van der Waals surface area contributed by atoms with Gasteiger partial charge in [0.15, 0.2) is 6.61 Å². The molecule has 5 nitrogen and oxygen atoms in total. The van der Waals surface area contributed by atoms with Gasteiger partial charge in [0.2, 0.25) is 0 Å². The van der Waals surface area contributed by atoms with E-state index in [1.807, 2.05) is 24.3 Å². The molecule has 2 aromatic rings. The van der Waals surface area contributed by atoms with E-state index in [1.54, 1.807) is 31.3 Å². The number of hydrogen-bond donors (Lipinski definition) is 2. The van der Waals surface area contributed by atoms with E-state index in [4.69, 9.17) is 4.74 Å². The van der Waals surface area contributed by atoms with Gasteiger partial charge in [-0.05, 0) is 35.2 Å². The van der Waals surface area contributed by atoms with E-state index in [9.17, 15) is 9.59 Å². The molecule has 2 amide bonds. The highest BCUT2D eigenvalue weighted by atomic mass is 16.5. The van der Waals surface area contributed by atoms with Crippen LogP contribution in [0.15, 0.2) is 48.5 Å². The van der Waals surface area contributed by atoms with Gasteiger partial charge in [-0.3, -0.25) is 9.59 Å². The first kappa shape index (κ1) is 18.5. The average molecular weight is 340 g/mol. The molecule has 132 valence electrons. The fraction of sp³-hybridized carbons (Fsp3) is 0.300. The van der Waals surface area contributed by atoms with Gasteiger partial charge < -0.3 is 15.4 Å². The summed E-state index contributed by atoms with van der Waals surface area (Å²) >= 11 is 0. The smallest absolute Gasteiger partial charge is 0.262 e. The number of amides is 2. The van der Waals surface area contributed by atoms with Gasteiger partial charge in [0.25, 0.3) is 11.8 Å². The number of nitrogens with one attached hydrogen (secondary N) is 2. The van der Waals surface area contributed by atoms with Gasteiger partial charge in [-0.2, -0.15) is 0 Å². The molecule has 0 saturated heterocycles. The Kier molecular flexibility index (Phi) is 5.80. The zero-order valence-electron chi connectivity index (χ0n) is 15.1. The summed E-state index contributed by atoms with van der Waals surface area (Å²) in [4.78, 5) is 24.0. The Morgan fingerprint density at radius 1 is 1.04 bits per heavy atom. The second-order valence-electron chi connectivity index (χ2n) is 6.74. The Bertz CT molecular complexity index is 764. The lowest BCUT2D eigenvalue weighted by molar-refractivity contribution is -0.118. The van der Waals surface area contributed by atoms with Crippen molar-refractivity contribution in [1.29, 1.82) is 0 Å². The van der Waals surface area contributed by atoms with Crippen LogP contribution in [-0.2, 0) is 10.2 Å². The number of carbonyl (C=O) groups is 2. The van der Waals surface area contributed by atoms with E-state index in [1.165, 1.54) is 0 Å². The van der Waals surface area contributed by atoms with Crippen LogP contribution in [-0.4, -0.2) is 25.5 Å². The van der Waals surface area contributed by atoms with Crippen molar-refractivity contribution in [2.75, 3.05) is 19.0 Å². The summed E-state index contributed by atoms with van der Waals surface area (Å²) < 4.78 is 5.59. The van der Waals surface area contributed by atoms with Crippen LogP contribution in [0.2, 0.25) is 0 Å². The molecule has 0 aromatic heterocycles. The van der Waals surface area contributed by atoms with Gasteiger partial charge in [0.1, 0.15) is 5.75 Å². The minimum Gasteiger partial charge on any atom is -0.484 e. The minimum absolute atomic E-state index is 0.00802. The van der Waals surface area contributed by atoms with E-state index in [0.717, 1.165) is 5.56 Å². The molecular formula is C20H24N2O3. The van der Waals surface area contributed by atoms with E-state index >= 15 is 0 Å². The molecule has 0 fully saturated rings. The van der Waals surface area contributed by atoms with Gasteiger partial charge in [-0.25, -0.2) is 0 Å². The predicted molar refractivity (Wildman–Crippen MR) is 99.1 cm³/mol. The quantitative estimate of drug-likeness (QED) is 0.877. The largest absolute Gasteiger partial charge is 0.484 e. The second kappa shape index (κ2) is 7.83. The Morgan fingerprint density at radius 3 is 2.44 bits per heavy atom. The molecule has 0 bridgehead atoms. The van der Waals surface area contributed by atoms with Crippen LogP contribution in [0.5, 0.6) is 5.75 Å². The van der Waals surface area contributed by atoms with Crippen molar-refractivity contribution in [3.63, 3.8) is 0 Å². The Morgan fingerprint density at radius 2 is 1.76 bits per heavy atom. The van der Waals surface area contributed by atoms with Gasteiger partial charge in [0, 0.05) is 7.05 Å². The monoisotopic (exact) mass is 340 g/mol. The zero-order chi connectivity index (χ0) is 18.4. The van der Waals surface area contributed by atoms with Crippen molar-refractivity contribution < 1.29 is 14.3 Å². The fourth-order valence-corrected chi connectivity index (χ4v) is 2.31. The van der Waals surface area contributed by atoms with Crippen LogP contribution in [0.1, 0.15) is 36.7 Å². The van der Waals surface area contributed by atoms with Crippen molar-refractivity contribution in [3.8, 4) is 5.75 Å². The highest BCUT2D eigenvalue weighted by Crippen LogP contribution is 2.25. The molecule has 0 aliphatic carbocycles. The summed E-state index contributed by atoms with van der Waals surface area (Å²) in [7, 11) is 1.55. The highest BCUT2D eigenvalue weighted by molar-refractivity contribution is 6.03. The van der Waals surface area contributed by atoms with Crippen molar-refractivity contribution in [2.45, 2.75) is 26.2 Å². The number of hydrogen-bond acceptors (Lipinski definition) is 3. The van der Waals surface area contributed by atoms with Crippen LogP contribution in [0.25, 0.3) is 0 Å². The lowest BCUT2D eigenvalue weighted by Crippen LogP contribution is -2.24. The molecule has 5 heteroatoms. The lowest BCUT2D eigenvalue weighted by Gasteiger charge is -2.19. The van der Waals surface area contributed by atoms with E-state index in [2.05, 4.69) is 31.4 Å². The SMILES string of the molecule is CNC(=O)c1ccccc1NC(=O)COc1cccc(C(C)(C)C)c1. The molecule has 2 aromatic carbocycles. The van der Waals surface area contributed by atoms with E-state index in [0.29, 0.717) is 17.0 Å². The molecule has 25 heavy (non-hydrogen) atoms. The van der Waals surface area contributed by atoms with Gasteiger partial charge in [0.05, 0.1) is 11.3 Å². The second-order valence-corrected chi connectivity index (χ2v) is 6.74. The molecule has 0 unspecified atom stereocenters. The average Bonchev–Trinajstić information content (AvgIpc) is 2.59.